The number of ether oxygens (including phenoxy) is 4. The van der Waals surface area contributed by atoms with E-state index < -0.39 is 0 Å². The van der Waals surface area contributed by atoms with E-state index in [0.717, 1.165) is 61.5 Å². The summed E-state index contributed by atoms with van der Waals surface area (Å²) in [6.07, 6.45) is 6.71. The van der Waals surface area contributed by atoms with E-state index in [1.807, 2.05) is 36.4 Å². The van der Waals surface area contributed by atoms with Crippen LogP contribution in [0.2, 0.25) is 0 Å². The summed E-state index contributed by atoms with van der Waals surface area (Å²) in [7, 11) is 0. The molecule has 2 saturated carbocycles. The van der Waals surface area contributed by atoms with Gasteiger partial charge in [-0.15, -0.1) is 0 Å². The largest absolute Gasteiger partial charge is 0.490 e. The average molecular weight is 411 g/mol. The maximum Gasteiger partial charge on any atom is 0.127 e. The zero-order valence-corrected chi connectivity index (χ0v) is 18.3. The van der Waals surface area contributed by atoms with Crippen molar-refractivity contribution in [2.24, 2.45) is 0 Å². The summed E-state index contributed by atoms with van der Waals surface area (Å²) in [6.45, 7) is 6.74. The fourth-order valence-corrected chi connectivity index (χ4v) is 4.46. The lowest BCUT2D eigenvalue weighted by molar-refractivity contribution is -0.118. The Balaban J connectivity index is 1.52. The maximum absolute atomic E-state index is 6.32. The van der Waals surface area contributed by atoms with Crippen LogP contribution in [0.5, 0.6) is 11.5 Å². The summed E-state index contributed by atoms with van der Waals surface area (Å²) in [5.74, 6) is 1.75. The summed E-state index contributed by atoms with van der Waals surface area (Å²) >= 11 is 0. The predicted molar refractivity (Wildman–Crippen MR) is 119 cm³/mol. The number of rotatable bonds is 11. The van der Waals surface area contributed by atoms with Crippen molar-refractivity contribution in [1.29, 1.82) is 0 Å². The second-order valence-electron chi connectivity index (χ2n) is 8.51. The molecule has 0 spiro atoms. The molecular formula is C26H34O4. The quantitative estimate of drug-likeness (QED) is 0.453. The molecule has 30 heavy (non-hydrogen) atoms. The van der Waals surface area contributed by atoms with Crippen LogP contribution < -0.4 is 9.47 Å². The van der Waals surface area contributed by atoms with Crippen molar-refractivity contribution < 1.29 is 18.9 Å². The molecule has 0 atom stereocenters. The van der Waals surface area contributed by atoms with E-state index in [9.17, 15) is 0 Å². The highest BCUT2D eigenvalue weighted by atomic mass is 16.5. The maximum atomic E-state index is 6.32. The van der Waals surface area contributed by atoms with Crippen LogP contribution in [-0.4, -0.2) is 37.6 Å². The van der Waals surface area contributed by atoms with Gasteiger partial charge in [0.2, 0.25) is 0 Å². The SMILES string of the molecule is CCOC1(COc2ccccc2-c2ccccc2OCC2(OCC)CCC2)CCC1. The molecule has 0 amide bonds. The standard InChI is InChI=1S/C26H34O4/c1-3-29-25(15-9-16-25)19-27-23-13-7-5-11-21(23)22-12-6-8-14-24(22)28-20-26(30-4-2)17-10-18-26/h5-8,11-14H,3-4,9-10,15-20H2,1-2H3. The fourth-order valence-electron chi connectivity index (χ4n) is 4.46. The molecule has 0 bridgehead atoms. The van der Waals surface area contributed by atoms with E-state index in [-0.39, 0.29) is 11.2 Å². The number of hydrogen-bond acceptors (Lipinski definition) is 4. The topological polar surface area (TPSA) is 36.9 Å². The zero-order valence-electron chi connectivity index (χ0n) is 18.3. The Morgan fingerprint density at radius 2 is 1.03 bits per heavy atom. The van der Waals surface area contributed by atoms with Gasteiger partial charge in [-0.25, -0.2) is 0 Å². The van der Waals surface area contributed by atoms with Crippen molar-refractivity contribution in [2.45, 2.75) is 63.6 Å². The van der Waals surface area contributed by atoms with E-state index in [4.69, 9.17) is 18.9 Å². The van der Waals surface area contributed by atoms with Crippen LogP contribution in [0.4, 0.5) is 0 Å². The van der Waals surface area contributed by atoms with Crippen LogP contribution in [0.15, 0.2) is 48.5 Å². The second kappa shape index (κ2) is 9.40. The lowest BCUT2D eigenvalue weighted by atomic mass is 9.80. The average Bonchev–Trinajstić information content (AvgIpc) is 2.72. The molecule has 0 aliphatic heterocycles. The molecule has 0 aromatic heterocycles. The molecule has 162 valence electrons. The summed E-state index contributed by atoms with van der Waals surface area (Å²) in [4.78, 5) is 0. The molecule has 2 aromatic rings. The summed E-state index contributed by atoms with van der Waals surface area (Å²) in [5.41, 5.74) is 1.87. The van der Waals surface area contributed by atoms with Crippen LogP contribution in [0, 0.1) is 0 Å². The summed E-state index contributed by atoms with van der Waals surface area (Å²) in [5, 5.41) is 0. The first-order valence-electron chi connectivity index (χ1n) is 11.4. The lowest BCUT2D eigenvalue weighted by Gasteiger charge is -2.41. The number of benzene rings is 2. The van der Waals surface area contributed by atoms with Gasteiger partial charge in [0.25, 0.3) is 0 Å². The lowest BCUT2D eigenvalue weighted by Crippen LogP contribution is -2.45. The Morgan fingerprint density at radius 1 is 0.633 bits per heavy atom. The Morgan fingerprint density at radius 3 is 1.37 bits per heavy atom. The molecule has 0 heterocycles. The van der Waals surface area contributed by atoms with Gasteiger partial charge in [0.15, 0.2) is 0 Å². The third-order valence-electron chi connectivity index (χ3n) is 6.48. The van der Waals surface area contributed by atoms with Gasteiger partial charge in [-0.2, -0.15) is 0 Å². The highest BCUT2D eigenvalue weighted by molar-refractivity contribution is 5.75. The van der Waals surface area contributed by atoms with Crippen LogP contribution in [0.3, 0.4) is 0 Å². The highest BCUT2D eigenvalue weighted by Crippen LogP contribution is 2.41. The van der Waals surface area contributed by atoms with Crippen LogP contribution in [0.1, 0.15) is 52.4 Å². The molecular weight excluding hydrogens is 376 g/mol. The summed E-state index contributed by atoms with van der Waals surface area (Å²) in [6, 6.07) is 16.4. The van der Waals surface area contributed by atoms with Gasteiger partial charge in [-0.3, -0.25) is 0 Å². The molecule has 2 aliphatic rings. The molecule has 4 heteroatoms. The molecule has 4 rings (SSSR count). The fraction of sp³-hybridized carbons (Fsp3) is 0.538. The molecule has 2 aliphatic carbocycles. The van der Waals surface area contributed by atoms with Gasteiger partial charge in [0.05, 0.1) is 0 Å². The minimum atomic E-state index is -0.119. The monoisotopic (exact) mass is 410 g/mol. The number of para-hydroxylation sites is 2. The van der Waals surface area contributed by atoms with Crippen molar-refractivity contribution in [1.82, 2.24) is 0 Å². The molecule has 0 N–H and O–H groups in total. The van der Waals surface area contributed by atoms with Gasteiger partial charge in [-0.05, 0) is 64.5 Å². The van der Waals surface area contributed by atoms with Crippen molar-refractivity contribution in [2.75, 3.05) is 26.4 Å². The molecule has 0 saturated heterocycles. The van der Waals surface area contributed by atoms with E-state index >= 15 is 0 Å². The minimum Gasteiger partial charge on any atom is -0.490 e. The van der Waals surface area contributed by atoms with Gasteiger partial charge in [-0.1, -0.05) is 36.4 Å². The first kappa shape index (κ1) is 21.2. The Labute approximate surface area is 180 Å². The van der Waals surface area contributed by atoms with E-state index in [2.05, 4.69) is 26.0 Å². The van der Waals surface area contributed by atoms with Crippen molar-refractivity contribution in [3.8, 4) is 22.6 Å². The van der Waals surface area contributed by atoms with E-state index in [1.165, 1.54) is 12.8 Å². The third kappa shape index (κ3) is 4.50. The van der Waals surface area contributed by atoms with Crippen LogP contribution >= 0.6 is 0 Å². The molecule has 4 nitrogen and oxygen atoms in total. The second-order valence-corrected chi connectivity index (χ2v) is 8.51. The van der Waals surface area contributed by atoms with Crippen molar-refractivity contribution in [3.63, 3.8) is 0 Å². The molecule has 0 radical (unpaired) electrons. The third-order valence-corrected chi connectivity index (χ3v) is 6.48. The van der Waals surface area contributed by atoms with Crippen LogP contribution in [0.25, 0.3) is 11.1 Å². The van der Waals surface area contributed by atoms with Gasteiger partial charge in [0.1, 0.15) is 35.9 Å². The highest BCUT2D eigenvalue weighted by Gasteiger charge is 2.39. The normalized spacial score (nSPS) is 18.9. The van der Waals surface area contributed by atoms with E-state index in [1.54, 1.807) is 0 Å². The Bertz CT molecular complexity index is 754. The van der Waals surface area contributed by atoms with E-state index in [0.29, 0.717) is 13.2 Å². The van der Waals surface area contributed by atoms with Gasteiger partial charge < -0.3 is 18.9 Å². The first-order chi connectivity index (χ1) is 14.7. The smallest absolute Gasteiger partial charge is 0.127 e. The number of hydrogen-bond donors (Lipinski definition) is 0. The summed E-state index contributed by atoms with van der Waals surface area (Å²) < 4.78 is 24.7. The van der Waals surface area contributed by atoms with Crippen molar-refractivity contribution >= 4 is 0 Å². The zero-order chi connectivity index (χ0) is 20.9. The Kier molecular flexibility index (Phi) is 6.64. The molecule has 2 aromatic carbocycles. The predicted octanol–water partition coefficient (Wildman–Crippen LogP) is 6.03. The first-order valence-corrected chi connectivity index (χ1v) is 11.4. The Hall–Kier alpha value is -2.04. The molecule has 2 fully saturated rings. The van der Waals surface area contributed by atoms with Gasteiger partial charge >= 0.3 is 0 Å². The van der Waals surface area contributed by atoms with Gasteiger partial charge in [0, 0.05) is 24.3 Å². The van der Waals surface area contributed by atoms with Crippen molar-refractivity contribution in [3.05, 3.63) is 48.5 Å². The van der Waals surface area contributed by atoms with Crippen LogP contribution in [-0.2, 0) is 9.47 Å². The molecule has 0 unspecified atom stereocenters. The minimum absolute atomic E-state index is 0.119.